The van der Waals surface area contributed by atoms with Gasteiger partial charge < -0.3 is 4.74 Å². The molecule has 0 aliphatic carbocycles. The highest BCUT2D eigenvalue weighted by Gasteiger charge is 2.11. The molecule has 0 amide bonds. The van der Waals surface area contributed by atoms with Gasteiger partial charge in [0.1, 0.15) is 0 Å². The van der Waals surface area contributed by atoms with Crippen molar-refractivity contribution in [2.24, 2.45) is 0 Å². The molecule has 3 aromatic rings. The van der Waals surface area contributed by atoms with Crippen LogP contribution >= 0.6 is 11.3 Å². The summed E-state index contributed by atoms with van der Waals surface area (Å²) in [7, 11) is 0. The molecule has 0 N–H and O–H groups in total. The van der Waals surface area contributed by atoms with E-state index in [9.17, 15) is 9.59 Å². The van der Waals surface area contributed by atoms with Gasteiger partial charge in [-0.25, -0.2) is 4.79 Å². The quantitative estimate of drug-likeness (QED) is 0.375. The van der Waals surface area contributed by atoms with Gasteiger partial charge in [-0.2, -0.15) is 0 Å². The molecule has 0 spiro atoms. The van der Waals surface area contributed by atoms with E-state index in [1.54, 1.807) is 31.2 Å². The van der Waals surface area contributed by atoms with Gasteiger partial charge in [0.25, 0.3) is 0 Å². The zero-order valence-electron chi connectivity index (χ0n) is 13.2. The zero-order valence-corrected chi connectivity index (χ0v) is 14.0. The third kappa shape index (κ3) is 3.60. The van der Waals surface area contributed by atoms with Crippen molar-refractivity contribution in [3.05, 3.63) is 76.7 Å². The molecule has 4 heteroatoms. The van der Waals surface area contributed by atoms with Crippen molar-refractivity contribution >= 4 is 39.3 Å². The third-order valence-electron chi connectivity index (χ3n) is 3.50. The molecule has 0 unspecified atom stereocenters. The van der Waals surface area contributed by atoms with Crippen molar-refractivity contribution < 1.29 is 14.3 Å². The molecule has 2 aromatic carbocycles. The van der Waals surface area contributed by atoms with E-state index < -0.39 is 0 Å². The largest absolute Gasteiger partial charge is 0.462 e. The second-order valence-corrected chi connectivity index (χ2v) is 6.28. The number of allylic oxidation sites excluding steroid dienone is 1. The zero-order chi connectivity index (χ0) is 16.9. The number of ketones is 1. The van der Waals surface area contributed by atoms with Crippen LogP contribution < -0.4 is 0 Å². The number of thiophene rings is 1. The number of benzene rings is 2. The average molecular weight is 336 g/mol. The highest BCUT2D eigenvalue weighted by Crippen LogP contribution is 2.27. The Hall–Kier alpha value is -2.72. The van der Waals surface area contributed by atoms with Crippen LogP contribution in [0.1, 0.15) is 32.5 Å². The van der Waals surface area contributed by atoms with E-state index in [1.807, 2.05) is 42.5 Å². The maximum Gasteiger partial charge on any atom is 0.338 e. The average Bonchev–Trinajstić information content (AvgIpc) is 3.04. The van der Waals surface area contributed by atoms with Gasteiger partial charge in [0.15, 0.2) is 5.78 Å². The summed E-state index contributed by atoms with van der Waals surface area (Å²) in [5.41, 5.74) is 1.49. The maximum atomic E-state index is 12.3. The number of hydrogen-bond donors (Lipinski definition) is 0. The summed E-state index contributed by atoms with van der Waals surface area (Å²) in [5, 5.41) is 0.949. The van der Waals surface area contributed by atoms with E-state index in [2.05, 4.69) is 0 Å². The van der Waals surface area contributed by atoms with Crippen LogP contribution in [0.3, 0.4) is 0 Å². The SMILES string of the molecule is CCOC(=O)c1ccc2cc(C(=O)C=Cc3ccccc3)sc2c1. The molecule has 0 saturated heterocycles. The van der Waals surface area contributed by atoms with E-state index >= 15 is 0 Å². The van der Waals surface area contributed by atoms with Crippen LogP contribution in [0.5, 0.6) is 0 Å². The van der Waals surface area contributed by atoms with Crippen LogP contribution in [0.4, 0.5) is 0 Å². The number of esters is 1. The molecule has 0 bridgehead atoms. The highest BCUT2D eigenvalue weighted by atomic mass is 32.1. The lowest BCUT2D eigenvalue weighted by molar-refractivity contribution is 0.0526. The monoisotopic (exact) mass is 336 g/mol. The Bertz CT molecular complexity index is 907. The molecule has 1 heterocycles. The second-order valence-electron chi connectivity index (χ2n) is 5.19. The smallest absolute Gasteiger partial charge is 0.338 e. The van der Waals surface area contributed by atoms with Gasteiger partial charge in [0, 0.05) is 4.70 Å². The fourth-order valence-electron chi connectivity index (χ4n) is 2.31. The lowest BCUT2D eigenvalue weighted by Gasteiger charge is -2.00. The molecule has 24 heavy (non-hydrogen) atoms. The molecular weight excluding hydrogens is 320 g/mol. The molecule has 0 aliphatic rings. The molecule has 120 valence electrons. The predicted octanol–water partition coefficient (Wildman–Crippen LogP) is 4.97. The Labute approximate surface area is 144 Å². The van der Waals surface area contributed by atoms with Crippen LogP contribution in [0.15, 0.2) is 60.7 Å². The molecule has 0 atom stereocenters. The second kappa shape index (κ2) is 7.23. The van der Waals surface area contributed by atoms with Gasteiger partial charge in [-0.15, -0.1) is 11.3 Å². The van der Waals surface area contributed by atoms with Crippen molar-refractivity contribution in [1.82, 2.24) is 0 Å². The lowest BCUT2D eigenvalue weighted by Crippen LogP contribution is -2.03. The van der Waals surface area contributed by atoms with Crippen molar-refractivity contribution in [2.45, 2.75) is 6.92 Å². The minimum atomic E-state index is -0.343. The highest BCUT2D eigenvalue weighted by molar-refractivity contribution is 7.21. The third-order valence-corrected chi connectivity index (χ3v) is 4.61. The van der Waals surface area contributed by atoms with Crippen molar-refractivity contribution in [3.63, 3.8) is 0 Å². The Kier molecular flexibility index (Phi) is 4.87. The van der Waals surface area contributed by atoms with Crippen molar-refractivity contribution in [2.75, 3.05) is 6.61 Å². The first-order chi connectivity index (χ1) is 11.7. The number of hydrogen-bond acceptors (Lipinski definition) is 4. The first kappa shape index (κ1) is 16.1. The van der Waals surface area contributed by atoms with E-state index in [0.717, 1.165) is 15.6 Å². The Balaban J connectivity index is 1.83. The van der Waals surface area contributed by atoms with Crippen LogP contribution in [-0.2, 0) is 4.74 Å². The van der Waals surface area contributed by atoms with E-state index in [4.69, 9.17) is 4.74 Å². The summed E-state index contributed by atoms with van der Waals surface area (Å²) in [6.45, 7) is 2.12. The van der Waals surface area contributed by atoms with Gasteiger partial charge in [-0.05, 0) is 42.1 Å². The van der Waals surface area contributed by atoms with Gasteiger partial charge >= 0.3 is 5.97 Å². The Morgan fingerprint density at radius 1 is 1.08 bits per heavy atom. The maximum absolute atomic E-state index is 12.3. The first-order valence-electron chi connectivity index (χ1n) is 7.65. The fraction of sp³-hybridized carbons (Fsp3) is 0.100. The molecule has 3 nitrogen and oxygen atoms in total. The van der Waals surface area contributed by atoms with Crippen molar-refractivity contribution in [3.8, 4) is 0 Å². The number of ether oxygens (including phenoxy) is 1. The van der Waals surface area contributed by atoms with Gasteiger partial charge in [-0.1, -0.05) is 42.5 Å². The van der Waals surface area contributed by atoms with Crippen molar-refractivity contribution in [1.29, 1.82) is 0 Å². The number of rotatable bonds is 5. The molecular formula is C20H16O3S. The molecule has 0 aliphatic heterocycles. The fourth-order valence-corrected chi connectivity index (χ4v) is 3.33. The number of carbonyl (C=O) groups excluding carboxylic acids is 2. The van der Waals surface area contributed by atoms with E-state index in [0.29, 0.717) is 17.0 Å². The van der Waals surface area contributed by atoms with E-state index in [1.165, 1.54) is 11.3 Å². The molecule has 3 rings (SSSR count). The molecule has 1 aromatic heterocycles. The normalized spacial score (nSPS) is 11.0. The Morgan fingerprint density at radius 2 is 1.88 bits per heavy atom. The Morgan fingerprint density at radius 3 is 2.62 bits per heavy atom. The summed E-state index contributed by atoms with van der Waals surface area (Å²) in [5.74, 6) is -0.387. The van der Waals surface area contributed by atoms with Gasteiger partial charge in [0.2, 0.25) is 0 Å². The predicted molar refractivity (Wildman–Crippen MR) is 97.6 cm³/mol. The van der Waals surface area contributed by atoms with Gasteiger partial charge in [0.05, 0.1) is 17.0 Å². The summed E-state index contributed by atoms with van der Waals surface area (Å²) in [6, 6.07) is 16.9. The minimum Gasteiger partial charge on any atom is -0.462 e. The molecule has 0 radical (unpaired) electrons. The molecule has 0 saturated carbocycles. The number of fused-ring (bicyclic) bond motifs is 1. The first-order valence-corrected chi connectivity index (χ1v) is 8.47. The topological polar surface area (TPSA) is 43.4 Å². The van der Waals surface area contributed by atoms with Crippen LogP contribution in [0, 0.1) is 0 Å². The number of carbonyl (C=O) groups is 2. The summed E-state index contributed by atoms with van der Waals surface area (Å²) < 4.78 is 5.91. The van der Waals surface area contributed by atoms with Crippen LogP contribution in [-0.4, -0.2) is 18.4 Å². The summed E-state index contributed by atoms with van der Waals surface area (Å²) >= 11 is 1.38. The standard InChI is InChI=1S/C20H16O3S/c1-2-23-20(22)16-10-9-15-12-19(24-18(15)13-16)17(21)11-8-14-6-4-3-5-7-14/h3-13H,2H2,1H3. The lowest BCUT2D eigenvalue weighted by atomic mass is 10.1. The van der Waals surface area contributed by atoms with E-state index in [-0.39, 0.29) is 11.8 Å². The summed E-state index contributed by atoms with van der Waals surface area (Å²) in [4.78, 5) is 24.8. The summed E-state index contributed by atoms with van der Waals surface area (Å²) in [6.07, 6.45) is 3.38. The minimum absolute atomic E-state index is 0.0438. The molecule has 0 fully saturated rings. The van der Waals surface area contributed by atoms with Crippen LogP contribution in [0.2, 0.25) is 0 Å². The van der Waals surface area contributed by atoms with Gasteiger partial charge in [-0.3, -0.25) is 4.79 Å². The van der Waals surface area contributed by atoms with Crippen LogP contribution in [0.25, 0.3) is 16.2 Å².